The molecule has 3 heterocycles. The van der Waals surface area contributed by atoms with Gasteiger partial charge >= 0.3 is 5.97 Å². The molecule has 4 aromatic rings. The summed E-state index contributed by atoms with van der Waals surface area (Å²) in [6.45, 7) is 3.11. The third kappa shape index (κ3) is 3.67. The number of carboxylic acid groups (broad SMARTS) is 1. The van der Waals surface area contributed by atoms with E-state index in [1.807, 2.05) is 35.9 Å². The van der Waals surface area contributed by atoms with Crippen molar-refractivity contribution in [3.63, 3.8) is 0 Å². The highest BCUT2D eigenvalue weighted by Crippen LogP contribution is 2.39. The normalized spacial score (nSPS) is 13.0. The summed E-state index contributed by atoms with van der Waals surface area (Å²) in [5, 5.41) is 10.3. The Morgan fingerprint density at radius 1 is 1.15 bits per heavy atom. The average Bonchev–Trinajstić information content (AvgIpc) is 3.23. The van der Waals surface area contributed by atoms with E-state index in [9.17, 15) is 19.1 Å². The van der Waals surface area contributed by atoms with Crippen LogP contribution in [0.15, 0.2) is 53.5 Å². The molecule has 0 aliphatic carbocycles. The second kappa shape index (κ2) is 8.48. The molecular formula is C27H25FN2O4. The van der Waals surface area contributed by atoms with E-state index in [4.69, 9.17) is 4.74 Å². The van der Waals surface area contributed by atoms with Gasteiger partial charge in [-0.3, -0.25) is 9.59 Å². The van der Waals surface area contributed by atoms with Crippen molar-refractivity contribution in [1.29, 1.82) is 0 Å². The van der Waals surface area contributed by atoms with E-state index in [1.54, 1.807) is 19.2 Å². The molecule has 7 heteroatoms. The summed E-state index contributed by atoms with van der Waals surface area (Å²) in [7, 11) is 1.62. The summed E-state index contributed by atoms with van der Waals surface area (Å²) in [6.07, 6.45) is 3.38. The lowest BCUT2D eigenvalue weighted by Crippen LogP contribution is -2.25. The molecule has 2 aromatic heterocycles. The maximum atomic E-state index is 13.4. The number of halogens is 1. The van der Waals surface area contributed by atoms with Gasteiger partial charge in [0.2, 0.25) is 0 Å². The van der Waals surface area contributed by atoms with Crippen LogP contribution < -0.4 is 10.3 Å². The molecule has 0 bridgehead atoms. The van der Waals surface area contributed by atoms with Crippen LogP contribution in [0.5, 0.6) is 5.75 Å². The van der Waals surface area contributed by atoms with Crippen molar-refractivity contribution in [3.8, 4) is 16.9 Å². The van der Waals surface area contributed by atoms with Gasteiger partial charge in [-0.2, -0.15) is 0 Å². The van der Waals surface area contributed by atoms with Crippen molar-refractivity contribution in [2.45, 2.75) is 32.7 Å². The fraction of sp³-hybridized carbons (Fsp3) is 0.259. The summed E-state index contributed by atoms with van der Waals surface area (Å²) in [6, 6.07) is 12.0. The van der Waals surface area contributed by atoms with Gasteiger partial charge in [0.25, 0.3) is 5.56 Å². The maximum Gasteiger partial charge on any atom is 0.309 e. The Morgan fingerprint density at radius 3 is 2.65 bits per heavy atom. The smallest absolute Gasteiger partial charge is 0.309 e. The fourth-order valence-electron chi connectivity index (χ4n) is 4.97. The molecule has 34 heavy (non-hydrogen) atoms. The molecular weight excluding hydrogens is 435 g/mol. The second-order valence-electron chi connectivity index (χ2n) is 8.76. The standard InChI is InChI=1S/C27H25FN2O4/c1-16-19-4-3-13-34-23(19)10-9-20(16)25-21-11-12-30(15-17-5-7-18(28)8-6-17)26(21)27(33)29(2)22(25)14-24(31)32/h5-12H,3-4,13-15H2,1-2H3,(H,31,32). The number of hydrogen-bond donors (Lipinski definition) is 1. The molecule has 0 saturated carbocycles. The van der Waals surface area contributed by atoms with Crippen LogP contribution in [0.1, 0.15) is 28.8 Å². The zero-order chi connectivity index (χ0) is 24.0. The predicted molar refractivity (Wildman–Crippen MR) is 128 cm³/mol. The quantitative estimate of drug-likeness (QED) is 0.478. The maximum absolute atomic E-state index is 13.4. The van der Waals surface area contributed by atoms with E-state index in [1.165, 1.54) is 16.7 Å². The highest BCUT2D eigenvalue weighted by Gasteiger charge is 2.24. The molecule has 5 rings (SSSR count). The van der Waals surface area contributed by atoms with Gasteiger partial charge in [-0.05, 0) is 66.3 Å². The van der Waals surface area contributed by atoms with Crippen LogP contribution in [0.3, 0.4) is 0 Å². The van der Waals surface area contributed by atoms with Crippen molar-refractivity contribution in [1.82, 2.24) is 9.13 Å². The SMILES string of the molecule is Cc1c(-c2c(CC(=O)O)n(C)c(=O)c3c2ccn3Cc2ccc(F)cc2)ccc2c1CCCO2. The Kier molecular flexibility index (Phi) is 5.48. The molecule has 2 aromatic carbocycles. The van der Waals surface area contributed by atoms with E-state index in [0.29, 0.717) is 29.7 Å². The van der Waals surface area contributed by atoms with Crippen LogP contribution in [0.25, 0.3) is 22.0 Å². The number of carbonyl (C=O) groups is 1. The number of nitrogens with zero attached hydrogens (tertiary/aromatic N) is 2. The first-order valence-corrected chi connectivity index (χ1v) is 11.3. The van der Waals surface area contributed by atoms with Gasteiger partial charge in [-0.25, -0.2) is 4.39 Å². The van der Waals surface area contributed by atoms with Crippen molar-refractivity contribution in [3.05, 3.63) is 87.2 Å². The Labute approximate surface area is 195 Å². The Hall–Kier alpha value is -3.87. The second-order valence-corrected chi connectivity index (χ2v) is 8.76. The summed E-state index contributed by atoms with van der Waals surface area (Å²) in [5.74, 6) is -0.452. The molecule has 1 aliphatic rings. The third-order valence-corrected chi connectivity index (χ3v) is 6.67. The third-order valence-electron chi connectivity index (χ3n) is 6.67. The van der Waals surface area contributed by atoms with Crippen LogP contribution in [0, 0.1) is 12.7 Å². The number of hydrogen-bond acceptors (Lipinski definition) is 3. The van der Waals surface area contributed by atoms with Gasteiger partial charge in [0.15, 0.2) is 0 Å². The topological polar surface area (TPSA) is 73.5 Å². The number of benzene rings is 2. The number of aromatic nitrogens is 2. The largest absolute Gasteiger partial charge is 0.493 e. The first-order valence-electron chi connectivity index (χ1n) is 11.3. The van der Waals surface area contributed by atoms with Crippen LogP contribution >= 0.6 is 0 Å². The molecule has 0 fully saturated rings. The van der Waals surface area contributed by atoms with Crippen LogP contribution in [-0.4, -0.2) is 26.8 Å². The first kappa shape index (κ1) is 21.9. The lowest BCUT2D eigenvalue weighted by atomic mass is 9.89. The summed E-state index contributed by atoms with van der Waals surface area (Å²) in [4.78, 5) is 25.2. The monoisotopic (exact) mass is 460 g/mol. The number of aliphatic carboxylic acids is 1. The van der Waals surface area contributed by atoms with Crippen molar-refractivity contribution >= 4 is 16.9 Å². The lowest BCUT2D eigenvalue weighted by Gasteiger charge is -2.23. The van der Waals surface area contributed by atoms with Crippen LogP contribution in [0.4, 0.5) is 4.39 Å². The summed E-state index contributed by atoms with van der Waals surface area (Å²) in [5.41, 5.74) is 5.37. The van der Waals surface area contributed by atoms with E-state index in [-0.39, 0.29) is 17.8 Å². The van der Waals surface area contributed by atoms with E-state index < -0.39 is 5.97 Å². The van der Waals surface area contributed by atoms with Crippen LogP contribution in [0.2, 0.25) is 0 Å². The van der Waals surface area contributed by atoms with Crippen molar-refractivity contribution in [2.75, 3.05) is 6.61 Å². The van der Waals surface area contributed by atoms with Crippen molar-refractivity contribution < 1.29 is 19.0 Å². The van der Waals surface area contributed by atoms with E-state index in [0.717, 1.165) is 46.4 Å². The number of fused-ring (bicyclic) bond motifs is 2. The molecule has 0 unspecified atom stereocenters. The van der Waals surface area contributed by atoms with Gasteiger partial charge in [-0.15, -0.1) is 0 Å². The van der Waals surface area contributed by atoms with Gasteiger partial charge in [0.1, 0.15) is 17.1 Å². The number of carboxylic acids is 1. The predicted octanol–water partition coefficient (Wildman–Crippen LogP) is 4.45. The Morgan fingerprint density at radius 2 is 1.91 bits per heavy atom. The molecule has 174 valence electrons. The molecule has 6 nitrogen and oxygen atoms in total. The minimum atomic E-state index is -1.000. The highest BCUT2D eigenvalue weighted by molar-refractivity contribution is 5.98. The van der Waals surface area contributed by atoms with E-state index >= 15 is 0 Å². The van der Waals surface area contributed by atoms with Gasteiger partial charge in [-0.1, -0.05) is 18.2 Å². The minimum absolute atomic E-state index is 0.263. The number of ether oxygens (including phenoxy) is 1. The fourth-order valence-corrected chi connectivity index (χ4v) is 4.97. The molecule has 1 aliphatic heterocycles. The average molecular weight is 461 g/mol. The Balaban J connectivity index is 1.77. The van der Waals surface area contributed by atoms with Gasteiger partial charge in [0.05, 0.1) is 13.0 Å². The molecule has 0 radical (unpaired) electrons. The van der Waals surface area contributed by atoms with Gasteiger partial charge < -0.3 is 19.0 Å². The van der Waals surface area contributed by atoms with E-state index in [2.05, 4.69) is 0 Å². The highest BCUT2D eigenvalue weighted by atomic mass is 19.1. The first-order chi connectivity index (χ1) is 16.3. The molecule has 0 atom stereocenters. The lowest BCUT2D eigenvalue weighted by molar-refractivity contribution is -0.136. The van der Waals surface area contributed by atoms with Crippen LogP contribution in [-0.2, 0) is 31.2 Å². The van der Waals surface area contributed by atoms with Gasteiger partial charge in [0, 0.05) is 36.4 Å². The Bertz CT molecular complexity index is 1480. The summed E-state index contributed by atoms with van der Waals surface area (Å²) < 4.78 is 22.5. The molecule has 0 saturated heterocycles. The zero-order valence-corrected chi connectivity index (χ0v) is 19.1. The zero-order valence-electron chi connectivity index (χ0n) is 19.1. The minimum Gasteiger partial charge on any atom is -0.493 e. The molecule has 1 N–H and O–H groups in total. The summed E-state index contributed by atoms with van der Waals surface area (Å²) >= 11 is 0. The van der Waals surface area contributed by atoms with Crippen molar-refractivity contribution in [2.24, 2.45) is 7.05 Å². The molecule has 0 spiro atoms. The number of pyridine rings is 1. The number of rotatable bonds is 5. The molecule has 0 amide bonds.